The van der Waals surface area contributed by atoms with Crippen molar-refractivity contribution in [2.75, 3.05) is 18.5 Å². The van der Waals surface area contributed by atoms with Crippen molar-refractivity contribution in [3.8, 4) is 0 Å². The molecule has 1 aliphatic heterocycles. The van der Waals surface area contributed by atoms with E-state index in [9.17, 15) is 0 Å². The number of fused-ring (bicyclic) bond motifs is 2. The lowest BCUT2D eigenvalue weighted by Crippen LogP contribution is -2.41. The molecule has 2 aliphatic rings. The smallest absolute Gasteiger partial charge is 0.142 e. The summed E-state index contributed by atoms with van der Waals surface area (Å²) in [7, 11) is 2.19. The van der Waals surface area contributed by atoms with Crippen LogP contribution in [0.4, 0.5) is 5.82 Å². The molecule has 4 rings (SSSR count). The van der Waals surface area contributed by atoms with Gasteiger partial charge in [0.05, 0.1) is 5.39 Å². The van der Waals surface area contributed by atoms with E-state index in [4.69, 9.17) is 0 Å². The summed E-state index contributed by atoms with van der Waals surface area (Å²) in [5.41, 5.74) is 1.25. The minimum atomic E-state index is 0.329. The largest absolute Gasteiger partial charge is 0.356 e. The second-order valence-corrected chi connectivity index (χ2v) is 8.35. The fourth-order valence-corrected chi connectivity index (χ4v) is 4.78. The molecule has 1 unspecified atom stereocenters. The Labute approximate surface area is 137 Å². The van der Waals surface area contributed by atoms with Gasteiger partial charge in [0.2, 0.25) is 0 Å². The molecule has 1 aliphatic carbocycles. The van der Waals surface area contributed by atoms with Crippen LogP contribution in [0.3, 0.4) is 0 Å². The molecule has 4 atom stereocenters. The first kappa shape index (κ1) is 14.9. The van der Waals surface area contributed by atoms with Gasteiger partial charge in [-0.25, -0.2) is 9.97 Å². The molecule has 2 fully saturated rings. The minimum absolute atomic E-state index is 0.329. The van der Waals surface area contributed by atoms with Gasteiger partial charge >= 0.3 is 0 Å². The van der Waals surface area contributed by atoms with E-state index < -0.39 is 0 Å². The first-order chi connectivity index (χ1) is 10.9. The first-order valence-corrected chi connectivity index (χ1v) is 8.69. The van der Waals surface area contributed by atoms with E-state index in [2.05, 4.69) is 59.1 Å². The number of nitrogens with zero attached hydrogens (tertiary/aromatic N) is 3. The third kappa shape index (κ3) is 2.42. The number of hydrogen-bond acceptors (Lipinski definition) is 4. The molecule has 23 heavy (non-hydrogen) atoms. The molecule has 2 N–H and O–H groups in total. The predicted octanol–water partition coefficient (Wildman–Crippen LogP) is 2.81. The van der Waals surface area contributed by atoms with E-state index >= 15 is 0 Å². The number of aromatic amines is 1. The predicted molar refractivity (Wildman–Crippen MR) is 93.5 cm³/mol. The van der Waals surface area contributed by atoms with Crippen LogP contribution in [0.2, 0.25) is 0 Å². The van der Waals surface area contributed by atoms with Crippen LogP contribution in [0.5, 0.6) is 0 Å². The molecule has 1 saturated heterocycles. The second-order valence-electron chi connectivity index (χ2n) is 8.35. The monoisotopic (exact) mass is 313 g/mol. The molecule has 3 heterocycles. The topological polar surface area (TPSA) is 56.8 Å². The standard InChI is InChI=1S/C18H27N5/c1-18(2,3)15-14-8-12(7-11(14)9-20-15)23(4)17-13-5-6-19-16(13)21-10-22-17/h5-6,10-12,14-15,20H,7-9H2,1-4H3,(H,19,21,22)/t11-,12+,14-,15?/m0/s1. The van der Waals surface area contributed by atoms with Gasteiger partial charge < -0.3 is 15.2 Å². The first-order valence-electron chi connectivity index (χ1n) is 8.69. The van der Waals surface area contributed by atoms with Crippen molar-refractivity contribution in [3.63, 3.8) is 0 Å². The molecule has 5 nitrogen and oxygen atoms in total. The van der Waals surface area contributed by atoms with Crippen molar-refractivity contribution in [2.24, 2.45) is 17.3 Å². The Morgan fingerprint density at radius 2 is 2.04 bits per heavy atom. The summed E-state index contributed by atoms with van der Waals surface area (Å²) in [5, 5.41) is 4.90. The Kier molecular flexibility index (Phi) is 3.38. The lowest BCUT2D eigenvalue weighted by Gasteiger charge is -2.33. The molecule has 0 bridgehead atoms. The Hall–Kier alpha value is -1.62. The summed E-state index contributed by atoms with van der Waals surface area (Å²) >= 11 is 0. The third-order valence-corrected chi connectivity index (χ3v) is 5.90. The Morgan fingerprint density at radius 3 is 2.83 bits per heavy atom. The average Bonchev–Trinajstić information content (AvgIpc) is 3.18. The van der Waals surface area contributed by atoms with Gasteiger partial charge in [0.15, 0.2) is 0 Å². The number of hydrogen-bond donors (Lipinski definition) is 2. The fourth-order valence-electron chi connectivity index (χ4n) is 4.78. The molecule has 0 aromatic carbocycles. The Balaban J connectivity index is 1.57. The second kappa shape index (κ2) is 5.20. The van der Waals surface area contributed by atoms with Gasteiger partial charge in [-0.15, -0.1) is 0 Å². The zero-order valence-corrected chi connectivity index (χ0v) is 14.5. The molecule has 0 amide bonds. The van der Waals surface area contributed by atoms with Gasteiger partial charge in [-0.3, -0.25) is 0 Å². The highest BCUT2D eigenvalue weighted by molar-refractivity contribution is 5.87. The summed E-state index contributed by atoms with van der Waals surface area (Å²) in [6, 6.07) is 3.28. The van der Waals surface area contributed by atoms with Gasteiger partial charge in [-0.1, -0.05) is 20.8 Å². The lowest BCUT2D eigenvalue weighted by molar-refractivity contribution is 0.228. The van der Waals surface area contributed by atoms with Gasteiger partial charge in [0.1, 0.15) is 17.8 Å². The maximum Gasteiger partial charge on any atom is 0.142 e. The molecule has 0 radical (unpaired) electrons. The van der Waals surface area contributed by atoms with Crippen LogP contribution in [0, 0.1) is 17.3 Å². The average molecular weight is 313 g/mol. The molecule has 2 aromatic heterocycles. The van der Waals surface area contributed by atoms with Gasteiger partial charge in [-0.2, -0.15) is 0 Å². The summed E-state index contributed by atoms with van der Waals surface area (Å²) in [6.45, 7) is 8.24. The highest BCUT2D eigenvalue weighted by Gasteiger charge is 2.48. The molecule has 124 valence electrons. The van der Waals surface area contributed by atoms with Crippen molar-refractivity contribution in [1.29, 1.82) is 0 Å². The highest BCUT2D eigenvalue weighted by atomic mass is 15.2. The summed E-state index contributed by atoms with van der Waals surface area (Å²) in [6.07, 6.45) is 6.13. The summed E-state index contributed by atoms with van der Waals surface area (Å²) in [5.74, 6) is 2.64. The molecule has 2 aromatic rings. The van der Waals surface area contributed by atoms with Crippen molar-refractivity contribution >= 4 is 16.9 Å². The van der Waals surface area contributed by atoms with Gasteiger partial charge in [0.25, 0.3) is 0 Å². The van der Waals surface area contributed by atoms with E-state index in [1.165, 1.54) is 19.4 Å². The lowest BCUT2D eigenvalue weighted by atomic mass is 9.78. The third-order valence-electron chi connectivity index (χ3n) is 5.90. The van der Waals surface area contributed by atoms with Crippen molar-refractivity contribution < 1.29 is 0 Å². The van der Waals surface area contributed by atoms with Crippen molar-refractivity contribution in [1.82, 2.24) is 20.3 Å². The summed E-state index contributed by atoms with van der Waals surface area (Å²) in [4.78, 5) is 14.4. The number of anilines is 1. The SMILES string of the molecule is CN(c1ncnc2[nH]ccc12)[C@@H]1C[C@H]2CNC(C(C)(C)C)[C@H]2C1. The van der Waals surface area contributed by atoms with E-state index in [1.807, 2.05) is 6.20 Å². The normalized spacial score (nSPS) is 30.8. The van der Waals surface area contributed by atoms with Crippen LogP contribution >= 0.6 is 0 Å². The quantitative estimate of drug-likeness (QED) is 0.895. The molecule has 5 heteroatoms. The number of nitrogens with one attached hydrogen (secondary N) is 2. The zero-order chi connectivity index (χ0) is 16.2. The Morgan fingerprint density at radius 1 is 1.22 bits per heavy atom. The Bertz CT molecular complexity index is 701. The van der Waals surface area contributed by atoms with E-state index in [1.54, 1.807) is 6.33 Å². The molecule has 0 spiro atoms. The van der Waals surface area contributed by atoms with E-state index in [0.29, 0.717) is 17.5 Å². The van der Waals surface area contributed by atoms with Crippen LogP contribution in [0.15, 0.2) is 18.6 Å². The minimum Gasteiger partial charge on any atom is -0.356 e. The maximum absolute atomic E-state index is 4.56. The van der Waals surface area contributed by atoms with Crippen LogP contribution in [-0.4, -0.2) is 40.6 Å². The molecular formula is C18H27N5. The van der Waals surface area contributed by atoms with Crippen LogP contribution in [0.25, 0.3) is 11.0 Å². The van der Waals surface area contributed by atoms with Gasteiger partial charge in [-0.05, 0) is 42.7 Å². The van der Waals surface area contributed by atoms with Gasteiger partial charge in [0, 0.05) is 25.3 Å². The number of H-pyrrole nitrogens is 1. The van der Waals surface area contributed by atoms with Crippen molar-refractivity contribution in [2.45, 2.75) is 45.7 Å². The molecule has 1 saturated carbocycles. The fraction of sp³-hybridized carbons (Fsp3) is 0.667. The number of aromatic nitrogens is 3. The summed E-state index contributed by atoms with van der Waals surface area (Å²) < 4.78 is 0. The molecular weight excluding hydrogens is 286 g/mol. The zero-order valence-electron chi connectivity index (χ0n) is 14.5. The highest BCUT2D eigenvalue weighted by Crippen LogP contribution is 2.45. The van der Waals surface area contributed by atoms with Crippen molar-refractivity contribution in [3.05, 3.63) is 18.6 Å². The van der Waals surface area contributed by atoms with E-state index in [0.717, 1.165) is 28.7 Å². The maximum atomic E-state index is 4.56. The van der Waals surface area contributed by atoms with Crippen LogP contribution in [-0.2, 0) is 0 Å². The van der Waals surface area contributed by atoms with E-state index in [-0.39, 0.29) is 0 Å². The number of rotatable bonds is 2. The van der Waals surface area contributed by atoms with Crippen LogP contribution < -0.4 is 10.2 Å². The van der Waals surface area contributed by atoms with Crippen LogP contribution in [0.1, 0.15) is 33.6 Å².